The van der Waals surface area contributed by atoms with E-state index in [-0.39, 0.29) is 36.4 Å². The van der Waals surface area contributed by atoms with Crippen molar-refractivity contribution in [2.75, 3.05) is 25.7 Å². The second kappa shape index (κ2) is 7.50. The van der Waals surface area contributed by atoms with Gasteiger partial charge in [-0.15, -0.1) is 0 Å². The summed E-state index contributed by atoms with van der Waals surface area (Å²) >= 11 is 0. The first-order valence-corrected chi connectivity index (χ1v) is 8.81. The summed E-state index contributed by atoms with van der Waals surface area (Å²) in [5, 5.41) is 3.99. The number of rotatable bonds is 5. The van der Waals surface area contributed by atoms with E-state index in [2.05, 4.69) is 10.1 Å². The van der Waals surface area contributed by atoms with Crippen molar-refractivity contribution in [3.63, 3.8) is 0 Å². The fourth-order valence-corrected chi connectivity index (χ4v) is 3.31. The number of carbonyl (C=O) groups is 1. The minimum atomic E-state index is -0.744. The second-order valence-electron chi connectivity index (χ2n) is 6.56. The Morgan fingerprint density at radius 2 is 1.79 bits per heavy atom. The average Bonchev–Trinajstić information content (AvgIpc) is 3.33. The van der Waals surface area contributed by atoms with Gasteiger partial charge in [0.25, 0.3) is 5.89 Å². The molecule has 9 heteroatoms. The number of aromatic nitrogens is 2. The number of benzene rings is 2. The lowest BCUT2D eigenvalue weighted by atomic mass is 10.1. The van der Waals surface area contributed by atoms with Crippen molar-refractivity contribution in [3.8, 4) is 23.0 Å². The molecule has 7 nitrogen and oxygen atoms in total. The van der Waals surface area contributed by atoms with Gasteiger partial charge in [-0.3, -0.25) is 4.79 Å². The molecule has 1 aliphatic rings. The van der Waals surface area contributed by atoms with Crippen LogP contribution in [0.5, 0.6) is 11.5 Å². The van der Waals surface area contributed by atoms with Crippen molar-refractivity contribution in [2.45, 2.75) is 12.3 Å². The van der Waals surface area contributed by atoms with Crippen LogP contribution in [0, 0.1) is 11.6 Å². The smallest absolute Gasteiger partial charge is 0.258 e. The van der Waals surface area contributed by atoms with Crippen molar-refractivity contribution in [1.29, 1.82) is 0 Å². The summed E-state index contributed by atoms with van der Waals surface area (Å²) in [7, 11) is 3.06. The van der Waals surface area contributed by atoms with E-state index in [1.54, 1.807) is 18.2 Å². The standard InChI is InChI=1S/C20H17F2N3O4/c1-27-16-4-3-11(5-17(16)28-2)20-23-19(24-29-20)12-6-18(26)25(10-12)15-8-13(21)7-14(22)9-15/h3-5,7-9,12H,6,10H2,1-2H3. The lowest BCUT2D eigenvalue weighted by molar-refractivity contribution is -0.117. The van der Waals surface area contributed by atoms with Gasteiger partial charge in [-0.2, -0.15) is 4.98 Å². The van der Waals surface area contributed by atoms with Crippen molar-refractivity contribution in [2.24, 2.45) is 0 Å². The maximum Gasteiger partial charge on any atom is 0.258 e. The fourth-order valence-electron chi connectivity index (χ4n) is 3.31. The van der Waals surface area contributed by atoms with Crippen LogP contribution < -0.4 is 14.4 Å². The molecule has 0 N–H and O–H groups in total. The lowest BCUT2D eigenvalue weighted by Crippen LogP contribution is -2.24. The lowest BCUT2D eigenvalue weighted by Gasteiger charge is -2.16. The summed E-state index contributed by atoms with van der Waals surface area (Å²) in [5.41, 5.74) is 0.799. The van der Waals surface area contributed by atoms with Gasteiger partial charge in [0.2, 0.25) is 5.91 Å². The third kappa shape index (κ3) is 3.63. The third-order valence-corrected chi connectivity index (χ3v) is 4.72. The van der Waals surface area contributed by atoms with Crippen molar-refractivity contribution in [3.05, 3.63) is 53.9 Å². The topological polar surface area (TPSA) is 77.7 Å². The predicted molar refractivity (Wildman–Crippen MR) is 98.9 cm³/mol. The Hall–Kier alpha value is -3.49. The van der Waals surface area contributed by atoms with Crippen LogP contribution in [0.1, 0.15) is 18.2 Å². The zero-order valence-corrected chi connectivity index (χ0v) is 15.7. The number of anilines is 1. The number of hydrogen-bond acceptors (Lipinski definition) is 6. The highest BCUT2D eigenvalue weighted by molar-refractivity contribution is 5.96. The summed E-state index contributed by atoms with van der Waals surface area (Å²) in [5.74, 6) is -0.413. The van der Waals surface area contributed by atoms with Gasteiger partial charge in [0.15, 0.2) is 17.3 Å². The molecule has 1 unspecified atom stereocenters. The first-order valence-electron chi connectivity index (χ1n) is 8.81. The molecule has 29 heavy (non-hydrogen) atoms. The van der Waals surface area contributed by atoms with E-state index in [1.807, 2.05) is 0 Å². The largest absolute Gasteiger partial charge is 0.493 e. The molecule has 0 aliphatic carbocycles. The Kier molecular flexibility index (Phi) is 4.87. The molecule has 1 fully saturated rings. The van der Waals surface area contributed by atoms with Crippen LogP contribution in [-0.4, -0.2) is 36.8 Å². The van der Waals surface area contributed by atoms with Crippen LogP contribution in [0.25, 0.3) is 11.5 Å². The number of ether oxygens (including phenoxy) is 2. The highest BCUT2D eigenvalue weighted by atomic mass is 19.1. The van der Waals surface area contributed by atoms with E-state index in [9.17, 15) is 13.6 Å². The van der Waals surface area contributed by atoms with Gasteiger partial charge in [0, 0.05) is 36.2 Å². The SMILES string of the molecule is COc1ccc(-c2nc(C3CC(=O)N(c4cc(F)cc(F)c4)C3)no2)cc1OC. The number of methoxy groups -OCH3 is 2. The minimum Gasteiger partial charge on any atom is -0.493 e. The van der Waals surface area contributed by atoms with Crippen molar-refractivity contribution in [1.82, 2.24) is 10.1 Å². The molecule has 3 aromatic rings. The monoisotopic (exact) mass is 401 g/mol. The van der Waals surface area contributed by atoms with Crippen LogP contribution in [0.2, 0.25) is 0 Å². The molecular weight excluding hydrogens is 384 g/mol. The molecule has 2 heterocycles. The van der Waals surface area contributed by atoms with Gasteiger partial charge in [0.1, 0.15) is 11.6 Å². The molecular formula is C20H17F2N3O4. The molecule has 0 saturated carbocycles. The third-order valence-electron chi connectivity index (χ3n) is 4.72. The number of halogens is 2. The van der Waals surface area contributed by atoms with Crippen molar-refractivity contribution >= 4 is 11.6 Å². The van der Waals surface area contributed by atoms with Gasteiger partial charge in [-0.1, -0.05) is 5.16 Å². The van der Waals surface area contributed by atoms with Crippen LogP contribution in [0.15, 0.2) is 40.9 Å². The van der Waals surface area contributed by atoms with E-state index in [4.69, 9.17) is 14.0 Å². The van der Waals surface area contributed by atoms with Crippen molar-refractivity contribution < 1.29 is 27.6 Å². The maximum atomic E-state index is 13.5. The van der Waals surface area contributed by atoms with E-state index in [0.717, 1.165) is 18.2 Å². The number of carbonyl (C=O) groups excluding carboxylic acids is 1. The number of amides is 1. The molecule has 1 aliphatic heterocycles. The maximum absolute atomic E-state index is 13.5. The van der Waals surface area contributed by atoms with Crippen LogP contribution >= 0.6 is 0 Å². The first-order chi connectivity index (χ1) is 14.0. The first kappa shape index (κ1) is 18.9. The summed E-state index contributed by atoms with van der Waals surface area (Å²) in [6.45, 7) is 0.201. The van der Waals surface area contributed by atoms with Crippen LogP contribution in [0.4, 0.5) is 14.5 Å². The summed E-state index contributed by atoms with van der Waals surface area (Å²) < 4.78 is 42.8. The predicted octanol–water partition coefficient (Wildman–Crippen LogP) is 3.55. The molecule has 1 atom stereocenters. The van der Waals surface area contributed by atoms with Crippen LogP contribution in [0.3, 0.4) is 0 Å². The van der Waals surface area contributed by atoms with Gasteiger partial charge in [-0.25, -0.2) is 8.78 Å². The van der Waals surface area contributed by atoms with E-state index in [0.29, 0.717) is 22.9 Å². The quantitative estimate of drug-likeness (QED) is 0.651. The second-order valence-corrected chi connectivity index (χ2v) is 6.56. The van der Waals surface area contributed by atoms with E-state index >= 15 is 0 Å². The van der Waals surface area contributed by atoms with Gasteiger partial charge < -0.3 is 18.9 Å². The molecule has 0 bridgehead atoms. The average molecular weight is 401 g/mol. The highest BCUT2D eigenvalue weighted by Crippen LogP contribution is 2.34. The molecule has 2 aromatic carbocycles. The summed E-state index contributed by atoms with van der Waals surface area (Å²) in [4.78, 5) is 18.1. The number of nitrogens with zero attached hydrogens (tertiary/aromatic N) is 3. The molecule has 0 spiro atoms. The van der Waals surface area contributed by atoms with E-state index < -0.39 is 11.6 Å². The minimum absolute atomic E-state index is 0.114. The van der Waals surface area contributed by atoms with E-state index in [1.165, 1.54) is 19.1 Å². The molecule has 0 radical (unpaired) electrons. The Bertz CT molecular complexity index is 1050. The Morgan fingerprint density at radius 3 is 2.48 bits per heavy atom. The highest BCUT2D eigenvalue weighted by Gasteiger charge is 2.35. The van der Waals surface area contributed by atoms with Gasteiger partial charge >= 0.3 is 0 Å². The molecule has 150 valence electrons. The Balaban J connectivity index is 1.57. The Morgan fingerprint density at radius 1 is 1.07 bits per heavy atom. The normalized spacial score (nSPS) is 16.3. The molecule has 1 saturated heterocycles. The zero-order valence-electron chi connectivity index (χ0n) is 15.7. The summed E-state index contributed by atoms with van der Waals surface area (Å²) in [6.07, 6.45) is 0.114. The Labute approximate surface area is 164 Å². The summed E-state index contributed by atoms with van der Waals surface area (Å²) in [6, 6.07) is 8.18. The molecule has 1 amide bonds. The molecule has 1 aromatic heterocycles. The van der Waals surface area contributed by atoms with Crippen LogP contribution in [-0.2, 0) is 4.79 Å². The fraction of sp³-hybridized carbons (Fsp3) is 0.250. The zero-order chi connectivity index (χ0) is 20.5. The van der Waals surface area contributed by atoms with Gasteiger partial charge in [-0.05, 0) is 30.3 Å². The van der Waals surface area contributed by atoms with Gasteiger partial charge in [0.05, 0.1) is 14.2 Å². The molecule has 4 rings (SSSR count). The number of hydrogen-bond donors (Lipinski definition) is 0.